The number of likely N-dealkylation sites (tertiary alicyclic amines) is 1. The van der Waals surface area contributed by atoms with Crippen molar-refractivity contribution < 1.29 is 5.11 Å². The number of pyridine rings is 1. The Hall–Kier alpha value is -2.07. The fourth-order valence-corrected chi connectivity index (χ4v) is 2.81. The Morgan fingerprint density at radius 2 is 1.65 bits per heavy atom. The molecule has 0 spiro atoms. The molecule has 2 aromatic rings. The molecule has 23 heavy (non-hydrogen) atoms. The summed E-state index contributed by atoms with van der Waals surface area (Å²) in [6.45, 7) is 7.24. The lowest BCUT2D eigenvalue weighted by Gasteiger charge is -2.16. The maximum absolute atomic E-state index is 12.3. The number of hydrogen-bond acceptors (Lipinski definition) is 3. The highest BCUT2D eigenvalue weighted by Crippen LogP contribution is 2.17. The number of aromatic nitrogens is 1. The molecule has 1 saturated heterocycles. The predicted molar refractivity (Wildman–Crippen MR) is 93.8 cm³/mol. The average Bonchev–Trinajstić information content (AvgIpc) is 3.10. The van der Waals surface area contributed by atoms with Crippen LogP contribution in [0.1, 0.15) is 37.8 Å². The molecular formula is C19H26N2O2. The van der Waals surface area contributed by atoms with Gasteiger partial charge in [0.15, 0.2) is 5.75 Å². The largest absolute Gasteiger partial charge is 0.503 e. The van der Waals surface area contributed by atoms with Gasteiger partial charge in [0.05, 0.1) is 6.54 Å². The molecular weight excluding hydrogens is 288 g/mol. The van der Waals surface area contributed by atoms with Crippen LogP contribution >= 0.6 is 0 Å². The van der Waals surface area contributed by atoms with Crippen molar-refractivity contribution in [3.63, 3.8) is 0 Å². The van der Waals surface area contributed by atoms with Crippen molar-refractivity contribution in [2.24, 2.45) is 0 Å². The molecule has 4 nitrogen and oxygen atoms in total. The fourth-order valence-electron chi connectivity index (χ4n) is 2.81. The molecule has 0 radical (unpaired) electrons. The zero-order valence-electron chi connectivity index (χ0n) is 14.0. The summed E-state index contributed by atoms with van der Waals surface area (Å²) < 4.78 is 1.55. The average molecular weight is 314 g/mol. The summed E-state index contributed by atoms with van der Waals surface area (Å²) in [6.07, 6.45) is 4.18. The Morgan fingerprint density at radius 3 is 2.30 bits per heavy atom. The van der Waals surface area contributed by atoms with Gasteiger partial charge >= 0.3 is 0 Å². The van der Waals surface area contributed by atoms with E-state index < -0.39 is 0 Å². The number of nitrogens with zero attached hydrogens (tertiary/aromatic N) is 2. The van der Waals surface area contributed by atoms with Gasteiger partial charge in [0, 0.05) is 18.3 Å². The van der Waals surface area contributed by atoms with E-state index in [0.29, 0.717) is 13.1 Å². The first-order chi connectivity index (χ1) is 11.2. The van der Waals surface area contributed by atoms with Gasteiger partial charge < -0.3 is 9.67 Å². The summed E-state index contributed by atoms with van der Waals surface area (Å²) in [5, 5.41) is 10.2. The van der Waals surface area contributed by atoms with E-state index in [1.807, 2.05) is 50.2 Å². The second-order valence-electron chi connectivity index (χ2n) is 5.59. The molecule has 0 amide bonds. The van der Waals surface area contributed by atoms with E-state index in [-0.39, 0.29) is 11.3 Å². The molecule has 124 valence electrons. The van der Waals surface area contributed by atoms with E-state index in [2.05, 4.69) is 4.90 Å². The van der Waals surface area contributed by atoms with Crippen LogP contribution in [0.15, 0.2) is 47.4 Å². The van der Waals surface area contributed by atoms with E-state index in [9.17, 15) is 9.90 Å². The van der Waals surface area contributed by atoms with E-state index in [4.69, 9.17) is 0 Å². The lowest BCUT2D eigenvalue weighted by Crippen LogP contribution is -2.24. The smallest absolute Gasteiger partial charge is 0.293 e. The topological polar surface area (TPSA) is 45.5 Å². The van der Waals surface area contributed by atoms with Crippen molar-refractivity contribution in [1.29, 1.82) is 0 Å². The fraction of sp³-hybridized carbons (Fsp3) is 0.421. The van der Waals surface area contributed by atoms with E-state index in [1.165, 1.54) is 12.8 Å². The van der Waals surface area contributed by atoms with Gasteiger partial charge in [0.1, 0.15) is 0 Å². The lowest BCUT2D eigenvalue weighted by atomic mass is 10.2. The Balaban J connectivity index is 0.000000924. The number of rotatable bonds is 4. The van der Waals surface area contributed by atoms with Gasteiger partial charge in [-0.15, -0.1) is 0 Å². The predicted octanol–water partition coefficient (Wildman–Crippen LogP) is 3.22. The van der Waals surface area contributed by atoms with E-state index in [0.717, 1.165) is 24.2 Å². The van der Waals surface area contributed by atoms with Gasteiger partial charge in [-0.25, -0.2) is 0 Å². The summed E-state index contributed by atoms with van der Waals surface area (Å²) in [6, 6.07) is 11.6. The molecule has 0 aliphatic carbocycles. The highest BCUT2D eigenvalue weighted by Gasteiger charge is 2.16. The van der Waals surface area contributed by atoms with Crippen LogP contribution in [0.3, 0.4) is 0 Å². The second-order valence-corrected chi connectivity index (χ2v) is 5.59. The highest BCUT2D eigenvalue weighted by molar-refractivity contribution is 5.29. The minimum atomic E-state index is -0.310. The third-order valence-corrected chi connectivity index (χ3v) is 4.01. The zero-order chi connectivity index (χ0) is 16.7. The molecule has 1 aromatic carbocycles. The Labute approximate surface area is 138 Å². The molecule has 2 heterocycles. The number of benzene rings is 1. The van der Waals surface area contributed by atoms with Crippen LogP contribution in [0.2, 0.25) is 0 Å². The minimum absolute atomic E-state index is 0.111. The van der Waals surface area contributed by atoms with Crippen molar-refractivity contribution >= 4 is 0 Å². The molecule has 1 aromatic heterocycles. The van der Waals surface area contributed by atoms with Crippen LogP contribution in [0.25, 0.3) is 0 Å². The van der Waals surface area contributed by atoms with Crippen molar-refractivity contribution in [3.8, 4) is 5.75 Å². The number of aromatic hydroxyl groups is 1. The molecule has 1 N–H and O–H groups in total. The Bertz CT molecular complexity index is 659. The van der Waals surface area contributed by atoms with Gasteiger partial charge in [-0.2, -0.15) is 0 Å². The molecule has 0 saturated carbocycles. The van der Waals surface area contributed by atoms with Crippen LogP contribution in [0, 0.1) is 0 Å². The van der Waals surface area contributed by atoms with Crippen LogP contribution in [-0.2, 0) is 13.1 Å². The summed E-state index contributed by atoms with van der Waals surface area (Å²) in [7, 11) is 0. The van der Waals surface area contributed by atoms with E-state index in [1.54, 1.807) is 10.8 Å². The van der Waals surface area contributed by atoms with Crippen molar-refractivity contribution in [1.82, 2.24) is 9.47 Å². The second kappa shape index (κ2) is 8.53. The summed E-state index contributed by atoms with van der Waals surface area (Å²) >= 11 is 0. The maximum Gasteiger partial charge on any atom is 0.293 e. The normalized spacial score (nSPS) is 14.3. The first-order valence-electron chi connectivity index (χ1n) is 8.41. The SMILES string of the molecule is CC.O=c1c(O)c(CN2CCCC2)ccn1Cc1ccccc1. The number of hydrogen-bond donors (Lipinski definition) is 1. The van der Waals surface area contributed by atoms with Gasteiger partial charge in [0.25, 0.3) is 5.56 Å². The Morgan fingerprint density at radius 1 is 1.00 bits per heavy atom. The standard InChI is InChI=1S/C17H20N2O2.C2H6/c20-16-15(13-18-9-4-5-10-18)8-11-19(17(16)21)12-14-6-2-1-3-7-14;1-2/h1-3,6-8,11,20H,4-5,9-10,12-13H2;1-2H3. The molecule has 1 aliphatic rings. The molecule has 3 rings (SSSR count). The third-order valence-electron chi connectivity index (χ3n) is 4.01. The first kappa shape index (κ1) is 17.3. The van der Waals surface area contributed by atoms with Gasteiger partial charge in [0.2, 0.25) is 0 Å². The van der Waals surface area contributed by atoms with Crippen LogP contribution < -0.4 is 5.56 Å². The van der Waals surface area contributed by atoms with Crippen molar-refractivity contribution in [2.75, 3.05) is 13.1 Å². The van der Waals surface area contributed by atoms with Crippen molar-refractivity contribution in [3.05, 3.63) is 64.1 Å². The Kier molecular flexibility index (Phi) is 6.41. The van der Waals surface area contributed by atoms with E-state index >= 15 is 0 Å². The molecule has 0 unspecified atom stereocenters. The van der Waals surface area contributed by atoms with Gasteiger partial charge in [-0.3, -0.25) is 9.69 Å². The summed E-state index contributed by atoms with van der Waals surface area (Å²) in [5.41, 5.74) is 1.47. The monoisotopic (exact) mass is 314 g/mol. The minimum Gasteiger partial charge on any atom is -0.503 e. The first-order valence-corrected chi connectivity index (χ1v) is 8.41. The summed E-state index contributed by atoms with van der Waals surface area (Å²) in [4.78, 5) is 14.5. The zero-order valence-corrected chi connectivity index (χ0v) is 14.0. The van der Waals surface area contributed by atoms with Crippen LogP contribution in [0.5, 0.6) is 5.75 Å². The van der Waals surface area contributed by atoms with Crippen molar-refractivity contribution in [2.45, 2.75) is 39.8 Å². The molecule has 1 aliphatic heterocycles. The third kappa shape index (κ3) is 4.45. The molecule has 0 bridgehead atoms. The lowest BCUT2D eigenvalue weighted by molar-refractivity contribution is 0.322. The van der Waals surface area contributed by atoms with Gasteiger partial charge in [-0.1, -0.05) is 44.2 Å². The van der Waals surface area contributed by atoms with Gasteiger partial charge in [-0.05, 0) is 37.6 Å². The molecule has 4 heteroatoms. The molecule has 1 fully saturated rings. The quantitative estimate of drug-likeness (QED) is 0.942. The van der Waals surface area contributed by atoms with Crippen LogP contribution in [0.4, 0.5) is 0 Å². The summed E-state index contributed by atoms with van der Waals surface area (Å²) in [5.74, 6) is -0.111. The maximum atomic E-state index is 12.3. The highest BCUT2D eigenvalue weighted by atomic mass is 16.3. The van der Waals surface area contributed by atoms with Crippen LogP contribution in [-0.4, -0.2) is 27.7 Å². The molecule has 0 atom stereocenters.